The van der Waals surface area contributed by atoms with E-state index in [0.29, 0.717) is 25.2 Å². The van der Waals surface area contributed by atoms with E-state index in [9.17, 15) is 9.59 Å². The maximum atomic E-state index is 12.6. The third kappa shape index (κ3) is 3.93. The molecule has 2 saturated heterocycles. The van der Waals surface area contributed by atoms with Gasteiger partial charge in [-0.15, -0.1) is 0 Å². The van der Waals surface area contributed by atoms with Gasteiger partial charge in [-0.25, -0.2) is 0 Å². The van der Waals surface area contributed by atoms with Crippen LogP contribution in [0.5, 0.6) is 0 Å². The Labute approximate surface area is 145 Å². The number of carbonyl (C=O) groups excluding carboxylic acids is 2. The van der Waals surface area contributed by atoms with Crippen LogP contribution in [0.3, 0.4) is 0 Å². The number of carbonyl (C=O) groups is 2. The van der Waals surface area contributed by atoms with E-state index in [1.807, 2.05) is 34.1 Å². The highest BCUT2D eigenvalue weighted by atomic mass is 79.9. The molecule has 5 nitrogen and oxygen atoms in total. The highest BCUT2D eigenvalue weighted by Gasteiger charge is 2.26. The smallest absolute Gasteiger partial charge is 0.255 e. The average molecular weight is 380 g/mol. The summed E-state index contributed by atoms with van der Waals surface area (Å²) in [6, 6.07) is 7.51. The maximum Gasteiger partial charge on any atom is 0.255 e. The largest absolute Gasteiger partial charge is 0.342 e. The van der Waals surface area contributed by atoms with Gasteiger partial charge < -0.3 is 9.80 Å². The summed E-state index contributed by atoms with van der Waals surface area (Å²) in [6.45, 7) is 5.15. The molecule has 0 aromatic heterocycles. The molecule has 2 amide bonds. The van der Waals surface area contributed by atoms with Gasteiger partial charge >= 0.3 is 0 Å². The molecule has 1 aromatic rings. The molecule has 0 spiro atoms. The molecule has 0 unspecified atom stereocenters. The van der Waals surface area contributed by atoms with Crippen molar-refractivity contribution in [1.82, 2.24) is 14.7 Å². The molecule has 2 heterocycles. The summed E-state index contributed by atoms with van der Waals surface area (Å²) in [4.78, 5) is 30.7. The van der Waals surface area contributed by atoms with E-state index < -0.39 is 0 Å². The number of hydrogen-bond acceptors (Lipinski definition) is 3. The van der Waals surface area contributed by atoms with Gasteiger partial charge in [-0.05, 0) is 40.9 Å². The Morgan fingerprint density at radius 1 is 0.913 bits per heavy atom. The van der Waals surface area contributed by atoms with Crippen LogP contribution in [0.15, 0.2) is 28.7 Å². The lowest BCUT2D eigenvalue weighted by Crippen LogP contribution is -2.51. The van der Waals surface area contributed by atoms with Gasteiger partial charge in [0.2, 0.25) is 5.91 Å². The molecule has 0 saturated carbocycles. The predicted molar refractivity (Wildman–Crippen MR) is 92.3 cm³/mol. The molecular formula is C17H22BrN3O2. The van der Waals surface area contributed by atoms with Gasteiger partial charge in [-0.1, -0.05) is 12.1 Å². The minimum absolute atomic E-state index is 0.0583. The van der Waals surface area contributed by atoms with Gasteiger partial charge in [0.05, 0.1) is 12.1 Å². The zero-order valence-corrected chi connectivity index (χ0v) is 14.8. The normalized spacial score (nSPS) is 19.2. The van der Waals surface area contributed by atoms with E-state index in [-0.39, 0.29) is 11.8 Å². The molecule has 2 aliphatic heterocycles. The fourth-order valence-electron chi connectivity index (χ4n) is 3.17. The van der Waals surface area contributed by atoms with Crippen LogP contribution in [-0.4, -0.2) is 72.3 Å². The Bertz CT molecular complexity index is 579. The van der Waals surface area contributed by atoms with Crippen LogP contribution in [0, 0.1) is 0 Å². The van der Waals surface area contributed by atoms with E-state index in [2.05, 4.69) is 20.8 Å². The first-order valence-corrected chi connectivity index (χ1v) is 8.98. The molecule has 3 rings (SSSR count). The molecule has 2 fully saturated rings. The maximum absolute atomic E-state index is 12.6. The van der Waals surface area contributed by atoms with Crippen molar-refractivity contribution in [3.05, 3.63) is 34.3 Å². The summed E-state index contributed by atoms with van der Waals surface area (Å²) in [5.74, 6) is 0.288. The number of hydrogen-bond donors (Lipinski definition) is 0. The summed E-state index contributed by atoms with van der Waals surface area (Å²) < 4.78 is 0.830. The van der Waals surface area contributed by atoms with Crippen LogP contribution >= 0.6 is 15.9 Å². The Hall–Kier alpha value is -1.40. The summed E-state index contributed by atoms with van der Waals surface area (Å²) in [7, 11) is 0. The Morgan fingerprint density at radius 2 is 1.57 bits per heavy atom. The van der Waals surface area contributed by atoms with Gasteiger partial charge in [-0.2, -0.15) is 0 Å². The van der Waals surface area contributed by atoms with Crippen LogP contribution < -0.4 is 0 Å². The zero-order chi connectivity index (χ0) is 16.2. The van der Waals surface area contributed by atoms with E-state index in [0.717, 1.165) is 43.5 Å². The lowest BCUT2D eigenvalue weighted by Gasteiger charge is -2.35. The molecule has 6 heteroatoms. The topological polar surface area (TPSA) is 43.9 Å². The summed E-state index contributed by atoms with van der Waals surface area (Å²) >= 11 is 3.44. The van der Waals surface area contributed by atoms with Gasteiger partial charge in [-0.3, -0.25) is 14.5 Å². The minimum atomic E-state index is 0.0583. The van der Waals surface area contributed by atoms with Crippen molar-refractivity contribution in [1.29, 1.82) is 0 Å². The third-order valence-electron chi connectivity index (χ3n) is 4.58. The second-order valence-electron chi connectivity index (χ2n) is 6.14. The minimum Gasteiger partial charge on any atom is -0.342 e. The zero-order valence-electron chi connectivity index (χ0n) is 13.2. The fourth-order valence-corrected chi connectivity index (χ4v) is 3.63. The first-order valence-electron chi connectivity index (χ1n) is 8.19. The van der Waals surface area contributed by atoms with Gasteiger partial charge in [0.25, 0.3) is 5.91 Å². The van der Waals surface area contributed by atoms with Gasteiger partial charge in [0.1, 0.15) is 0 Å². The highest BCUT2D eigenvalue weighted by Crippen LogP contribution is 2.19. The predicted octanol–water partition coefficient (Wildman–Crippen LogP) is 1.83. The second-order valence-corrected chi connectivity index (χ2v) is 6.99. The van der Waals surface area contributed by atoms with Crippen molar-refractivity contribution < 1.29 is 9.59 Å². The van der Waals surface area contributed by atoms with E-state index in [1.165, 1.54) is 0 Å². The number of halogens is 1. The number of rotatable bonds is 3. The number of amides is 2. The molecule has 124 valence electrons. The van der Waals surface area contributed by atoms with Crippen LogP contribution in [0.1, 0.15) is 23.2 Å². The Balaban J connectivity index is 1.51. The Kier molecular flexibility index (Phi) is 5.33. The SMILES string of the molecule is O=C(CN1CCN(C(=O)c2ccccc2Br)CC1)N1CCCC1. The van der Waals surface area contributed by atoms with Gasteiger partial charge in [0.15, 0.2) is 0 Å². The van der Waals surface area contributed by atoms with Crippen molar-refractivity contribution in [3.63, 3.8) is 0 Å². The molecule has 0 atom stereocenters. The molecular weight excluding hydrogens is 358 g/mol. The number of likely N-dealkylation sites (tertiary alicyclic amines) is 1. The summed E-state index contributed by atoms with van der Waals surface area (Å²) in [6.07, 6.45) is 2.25. The second kappa shape index (κ2) is 7.45. The lowest BCUT2D eigenvalue weighted by molar-refractivity contribution is -0.131. The van der Waals surface area contributed by atoms with Crippen LogP contribution in [0.4, 0.5) is 0 Å². The molecule has 0 N–H and O–H groups in total. The molecule has 1 aromatic carbocycles. The van der Waals surface area contributed by atoms with E-state index >= 15 is 0 Å². The Morgan fingerprint density at radius 3 is 2.22 bits per heavy atom. The molecule has 0 radical (unpaired) electrons. The molecule has 2 aliphatic rings. The lowest BCUT2D eigenvalue weighted by atomic mass is 10.2. The van der Waals surface area contributed by atoms with E-state index in [1.54, 1.807) is 0 Å². The summed E-state index contributed by atoms with van der Waals surface area (Å²) in [5, 5.41) is 0. The average Bonchev–Trinajstić information content (AvgIpc) is 3.10. The molecule has 0 bridgehead atoms. The quantitative estimate of drug-likeness (QED) is 0.804. The number of nitrogens with zero attached hydrogens (tertiary/aromatic N) is 3. The standard InChI is InChI=1S/C17H22BrN3O2/c18-15-6-2-1-5-14(15)17(23)21-11-9-19(10-12-21)13-16(22)20-7-3-4-8-20/h1-2,5-6H,3-4,7-13H2. The summed E-state index contributed by atoms with van der Waals surface area (Å²) in [5.41, 5.74) is 0.703. The monoisotopic (exact) mass is 379 g/mol. The van der Waals surface area contributed by atoms with Gasteiger partial charge in [0, 0.05) is 43.7 Å². The number of benzene rings is 1. The van der Waals surface area contributed by atoms with Crippen molar-refractivity contribution in [2.75, 3.05) is 45.8 Å². The first kappa shape index (κ1) is 16.5. The van der Waals surface area contributed by atoms with Crippen LogP contribution in [0.25, 0.3) is 0 Å². The van der Waals surface area contributed by atoms with Crippen molar-refractivity contribution in [2.24, 2.45) is 0 Å². The van der Waals surface area contributed by atoms with Crippen LogP contribution in [-0.2, 0) is 4.79 Å². The first-order chi connectivity index (χ1) is 11.1. The van der Waals surface area contributed by atoms with Crippen molar-refractivity contribution >= 4 is 27.7 Å². The fraction of sp³-hybridized carbons (Fsp3) is 0.529. The van der Waals surface area contributed by atoms with Crippen molar-refractivity contribution in [3.8, 4) is 0 Å². The molecule has 0 aliphatic carbocycles. The van der Waals surface area contributed by atoms with Crippen molar-refractivity contribution in [2.45, 2.75) is 12.8 Å². The highest BCUT2D eigenvalue weighted by molar-refractivity contribution is 9.10. The third-order valence-corrected chi connectivity index (χ3v) is 5.27. The van der Waals surface area contributed by atoms with E-state index in [4.69, 9.17) is 0 Å². The number of piperazine rings is 1. The molecule has 23 heavy (non-hydrogen) atoms. The van der Waals surface area contributed by atoms with Crippen LogP contribution in [0.2, 0.25) is 0 Å².